The molecule has 0 saturated heterocycles. The van der Waals surface area contributed by atoms with Crippen molar-refractivity contribution in [2.45, 2.75) is 45.8 Å². The van der Waals surface area contributed by atoms with Crippen molar-refractivity contribution >= 4 is 17.3 Å². The predicted molar refractivity (Wildman–Crippen MR) is 76.7 cm³/mol. The topological polar surface area (TPSA) is 46.9 Å². The Morgan fingerprint density at radius 1 is 1.38 bits per heavy atom. The molecule has 0 aliphatic rings. The quantitative estimate of drug-likeness (QED) is 0.778. The van der Waals surface area contributed by atoms with Gasteiger partial charge >= 0.3 is 6.18 Å². The number of unbranched alkanes of at least 4 members (excludes halogenated alkanes) is 1. The third kappa shape index (κ3) is 6.37. The van der Waals surface area contributed by atoms with E-state index in [4.69, 9.17) is 11.6 Å². The first-order chi connectivity index (χ1) is 9.70. The molecule has 0 spiro atoms. The Labute approximate surface area is 126 Å². The summed E-state index contributed by atoms with van der Waals surface area (Å²) in [5.41, 5.74) is -0.0423. The smallest absolute Gasteiger partial charge is 0.382 e. The Morgan fingerprint density at radius 2 is 2.05 bits per heavy atom. The Balaban J connectivity index is 2.53. The maximum atomic E-state index is 12.0. The Bertz CT molecular complexity index is 514. The molecule has 0 bridgehead atoms. The molecule has 0 aliphatic carbocycles. The van der Waals surface area contributed by atoms with Crippen molar-refractivity contribution in [2.75, 3.05) is 11.9 Å². The van der Waals surface area contributed by atoms with E-state index in [1.807, 2.05) is 13.8 Å². The summed E-state index contributed by atoms with van der Waals surface area (Å²) in [5.74, 6) is 0.257. The van der Waals surface area contributed by atoms with Gasteiger partial charge in [-0.05, 0) is 18.8 Å². The van der Waals surface area contributed by atoms with Gasteiger partial charge in [-0.25, -0.2) is 4.68 Å². The van der Waals surface area contributed by atoms with Crippen molar-refractivity contribution in [3.8, 4) is 0 Å². The second kappa shape index (κ2) is 7.68. The SMILES string of the molecule is CC(C)Cn1ncc(NCCCCC(F)(F)F)c(Cl)c1=O. The van der Waals surface area contributed by atoms with E-state index in [2.05, 4.69) is 10.4 Å². The average molecular weight is 326 g/mol. The summed E-state index contributed by atoms with van der Waals surface area (Å²) in [4.78, 5) is 11.9. The van der Waals surface area contributed by atoms with Gasteiger partial charge in [0.15, 0.2) is 0 Å². The summed E-state index contributed by atoms with van der Waals surface area (Å²) >= 11 is 5.95. The molecule has 1 aromatic rings. The second-order valence-corrected chi connectivity index (χ2v) is 5.63. The fourth-order valence-corrected chi connectivity index (χ4v) is 1.95. The monoisotopic (exact) mass is 325 g/mol. The van der Waals surface area contributed by atoms with Gasteiger partial charge in [0, 0.05) is 19.5 Å². The number of anilines is 1. The van der Waals surface area contributed by atoms with Crippen molar-refractivity contribution in [2.24, 2.45) is 5.92 Å². The highest BCUT2D eigenvalue weighted by Crippen LogP contribution is 2.22. The minimum absolute atomic E-state index is 0.0153. The number of alkyl halides is 3. The van der Waals surface area contributed by atoms with Crippen molar-refractivity contribution in [3.05, 3.63) is 21.6 Å². The van der Waals surface area contributed by atoms with Crippen LogP contribution in [-0.4, -0.2) is 22.5 Å². The normalized spacial score (nSPS) is 12.0. The molecule has 0 amide bonds. The van der Waals surface area contributed by atoms with Gasteiger partial charge < -0.3 is 5.32 Å². The van der Waals surface area contributed by atoms with E-state index in [1.54, 1.807) is 0 Å². The number of aromatic nitrogens is 2. The molecule has 1 N–H and O–H groups in total. The molecule has 8 heteroatoms. The van der Waals surface area contributed by atoms with Crippen molar-refractivity contribution in [1.29, 1.82) is 0 Å². The molecule has 0 radical (unpaired) electrons. The zero-order valence-electron chi connectivity index (χ0n) is 12.0. The first-order valence-electron chi connectivity index (χ1n) is 6.77. The molecule has 0 aliphatic heterocycles. The van der Waals surface area contributed by atoms with E-state index < -0.39 is 18.2 Å². The highest BCUT2D eigenvalue weighted by molar-refractivity contribution is 6.32. The largest absolute Gasteiger partial charge is 0.389 e. The van der Waals surface area contributed by atoms with E-state index in [-0.39, 0.29) is 17.4 Å². The van der Waals surface area contributed by atoms with E-state index in [1.165, 1.54) is 10.9 Å². The van der Waals surface area contributed by atoms with Crippen LogP contribution in [0.1, 0.15) is 33.1 Å². The van der Waals surface area contributed by atoms with Crippen LogP contribution in [0.3, 0.4) is 0 Å². The summed E-state index contributed by atoms with van der Waals surface area (Å²) in [7, 11) is 0. The minimum Gasteiger partial charge on any atom is -0.382 e. The van der Waals surface area contributed by atoms with Gasteiger partial charge in [0.1, 0.15) is 5.02 Å². The van der Waals surface area contributed by atoms with Gasteiger partial charge in [0.05, 0.1) is 11.9 Å². The Hall–Kier alpha value is -1.24. The molecule has 0 atom stereocenters. The van der Waals surface area contributed by atoms with Crippen LogP contribution in [0.5, 0.6) is 0 Å². The second-order valence-electron chi connectivity index (χ2n) is 5.25. The summed E-state index contributed by atoms with van der Waals surface area (Å²) in [6.07, 6.45) is -3.14. The van der Waals surface area contributed by atoms with Crippen LogP contribution < -0.4 is 10.9 Å². The zero-order chi connectivity index (χ0) is 16.0. The van der Waals surface area contributed by atoms with Crippen LogP contribution >= 0.6 is 11.6 Å². The lowest BCUT2D eigenvalue weighted by Gasteiger charge is -2.11. The van der Waals surface area contributed by atoms with Crippen molar-refractivity contribution in [3.63, 3.8) is 0 Å². The number of rotatable bonds is 7. The van der Waals surface area contributed by atoms with Crippen molar-refractivity contribution < 1.29 is 13.2 Å². The van der Waals surface area contributed by atoms with E-state index in [0.29, 0.717) is 25.2 Å². The summed E-state index contributed by atoms with van der Waals surface area (Å²) in [5, 5.41) is 6.86. The van der Waals surface area contributed by atoms with Gasteiger partial charge in [-0.15, -0.1) is 0 Å². The van der Waals surface area contributed by atoms with Gasteiger partial charge in [0.25, 0.3) is 5.56 Å². The molecule has 0 aromatic carbocycles. The van der Waals surface area contributed by atoms with E-state index >= 15 is 0 Å². The standard InChI is InChI=1S/C13H19ClF3N3O/c1-9(2)8-20-12(21)11(14)10(7-19-20)18-6-4-3-5-13(15,16)17/h7,9,18H,3-6,8H2,1-2H3. The summed E-state index contributed by atoms with van der Waals surface area (Å²) < 4.78 is 37.2. The molecular formula is C13H19ClF3N3O. The molecule has 1 aromatic heterocycles. The zero-order valence-corrected chi connectivity index (χ0v) is 12.8. The van der Waals surface area contributed by atoms with Gasteiger partial charge in [-0.2, -0.15) is 18.3 Å². The third-order valence-electron chi connectivity index (χ3n) is 2.73. The van der Waals surface area contributed by atoms with Crippen molar-refractivity contribution in [1.82, 2.24) is 9.78 Å². The molecule has 4 nitrogen and oxygen atoms in total. The first kappa shape index (κ1) is 17.8. The molecular weight excluding hydrogens is 307 g/mol. The predicted octanol–water partition coefficient (Wildman–Crippen LogP) is 3.70. The number of hydrogen-bond donors (Lipinski definition) is 1. The minimum atomic E-state index is -4.13. The number of hydrogen-bond acceptors (Lipinski definition) is 3. The summed E-state index contributed by atoms with van der Waals surface area (Å²) in [6, 6.07) is 0. The molecule has 0 saturated carbocycles. The molecule has 120 valence electrons. The lowest BCUT2D eigenvalue weighted by atomic mass is 10.2. The maximum Gasteiger partial charge on any atom is 0.389 e. The van der Waals surface area contributed by atoms with Gasteiger partial charge in [-0.1, -0.05) is 25.4 Å². The molecule has 0 fully saturated rings. The van der Waals surface area contributed by atoms with Crippen LogP contribution in [-0.2, 0) is 6.54 Å². The fraction of sp³-hybridized carbons (Fsp3) is 0.692. The number of nitrogens with zero attached hydrogens (tertiary/aromatic N) is 2. The van der Waals surface area contributed by atoms with Crippen LogP contribution in [0.4, 0.5) is 18.9 Å². The first-order valence-corrected chi connectivity index (χ1v) is 7.14. The molecule has 1 heterocycles. The average Bonchev–Trinajstić information content (AvgIpc) is 2.35. The molecule has 1 rings (SSSR count). The van der Waals surface area contributed by atoms with E-state index in [0.717, 1.165) is 0 Å². The van der Waals surface area contributed by atoms with Crippen LogP contribution in [0, 0.1) is 5.92 Å². The van der Waals surface area contributed by atoms with Crippen LogP contribution in [0.15, 0.2) is 11.0 Å². The number of nitrogens with one attached hydrogen (secondary N) is 1. The lowest BCUT2D eigenvalue weighted by molar-refractivity contribution is -0.135. The van der Waals surface area contributed by atoms with Gasteiger partial charge in [0.2, 0.25) is 0 Å². The lowest BCUT2D eigenvalue weighted by Crippen LogP contribution is -2.26. The maximum absolute atomic E-state index is 12.0. The Kier molecular flexibility index (Phi) is 6.51. The van der Waals surface area contributed by atoms with Gasteiger partial charge in [-0.3, -0.25) is 4.79 Å². The fourth-order valence-electron chi connectivity index (χ4n) is 1.74. The third-order valence-corrected chi connectivity index (χ3v) is 3.09. The van der Waals surface area contributed by atoms with Crippen LogP contribution in [0.25, 0.3) is 0 Å². The summed E-state index contributed by atoms with van der Waals surface area (Å²) in [6.45, 7) is 4.68. The number of halogens is 4. The highest BCUT2D eigenvalue weighted by atomic mass is 35.5. The van der Waals surface area contributed by atoms with Crippen LogP contribution in [0.2, 0.25) is 5.02 Å². The Morgan fingerprint density at radius 3 is 2.62 bits per heavy atom. The highest BCUT2D eigenvalue weighted by Gasteiger charge is 2.25. The van der Waals surface area contributed by atoms with E-state index in [9.17, 15) is 18.0 Å². The molecule has 21 heavy (non-hydrogen) atoms. The molecule has 0 unspecified atom stereocenters.